The van der Waals surface area contributed by atoms with E-state index >= 15 is 0 Å². The maximum absolute atomic E-state index is 12.8. The number of carbonyl (C=O) groups excluding carboxylic acids is 1. The van der Waals surface area contributed by atoms with Crippen molar-refractivity contribution >= 4 is 29.1 Å². The fourth-order valence-corrected chi connectivity index (χ4v) is 4.48. The van der Waals surface area contributed by atoms with Gasteiger partial charge in [-0.1, -0.05) is 49.0 Å². The molecule has 1 amide bonds. The highest BCUT2D eigenvalue weighted by molar-refractivity contribution is 6.35. The highest BCUT2D eigenvalue weighted by Crippen LogP contribution is 2.34. The summed E-state index contributed by atoms with van der Waals surface area (Å²) in [5.41, 5.74) is 1.03. The van der Waals surface area contributed by atoms with Crippen molar-refractivity contribution in [3.05, 3.63) is 33.8 Å². The van der Waals surface area contributed by atoms with E-state index in [1.54, 1.807) is 6.07 Å². The number of likely N-dealkylation sites (tertiary alicyclic amines) is 1. The van der Waals surface area contributed by atoms with Gasteiger partial charge in [-0.15, -0.1) is 0 Å². The number of amides is 1. The lowest BCUT2D eigenvalue weighted by molar-refractivity contribution is -0.134. The van der Waals surface area contributed by atoms with Gasteiger partial charge in [-0.2, -0.15) is 0 Å². The van der Waals surface area contributed by atoms with E-state index in [1.807, 2.05) is 12.1 Å². The van der Waals surface area contributed by atoms with E-state index < -0.39 is 0 Å². The lowest BCUT2D eigenvalue weighted by Crippen LogP contribution is -2.43. The molecule has 1 aromatic carbocycles. The molecule has 1 unspecified atom stereocenters. The van der Waals surface area contributed by atoms with Gasteiger partial charge in [-0.25, -0.2) is 0 Å². The summed E-state index contributed by atoms with van der Waals surface area (Å²) in [6.45, 7) is 3.20. The van der Waals surface area contributed by atoms with Crippen LogP contribution in [0.4, 0.5) is 0 Å². The Morgan fingerprint density at radius 1 is 1.18 bits per heavy atom. The van der Waals surface area contributed by atoms with Crippen molar-refractivity contribution in [3.63, 3.8) is 0 Å². The Kier molecular flexibility index (Phi) is 4.99. The number of benzene rings is 1. The van der Waals surface area contributed by atoms with Crippen LogP contribution >= 0.6 is 23.2 Å². The maximum Gasteiger partial charge on any atom is 0.226 e. The van der Waals surface area contributed by atoms with Crippen LogP contribution in [-0.2, 0) is 11.2 Å². The van der Waals surface area contributed by atoms with Crippen molar-refractivity contribution in [1.82, 2.24) is 4.90 Å². The van der Waals surface area contributed by atoms with Crippen LogP contribution in [0.2, 0.25) is 10.0 Å². The molecule has 0 radical (unpaired) electrons. The van der Waals surface area contributed by atoms with Crippen LogP contribution in [-0.4, -0.2) is 23.4 Å². The predicted molar refractivity (Wildman–Crippen MR) is 91.4 cm³/mol. The zero-order valence-corrected chi connectivity index (χ0v) is 14.5. The van der Waals surface area contributed by atoms with Gasteiger partial charge in [0.25, 0.3) is 0 Å². The molecule has 0 bridgehead atoms. The first-order chi connectivity index (χ1) is 10.6. The van der Waals surface area contributed by atoms with Gasteiger partial charge in [0.2, 0.25) is 5.91 Å². The fraction of sp³-hybridized carbons (Fsp3) is 0.611. The average molecular weight is 340 g/mol. The third kappa shape index (κ3) is 3.28. The van der Waals surface area contributed by atoms with Gasteiger partial charge in [-0.3, -0.25) is 4.79 Å². The van der Waals surface area contributed by atoms with Crippen LogP contribution in [0.5, 0.6) is 0 Å². The smallest absolute Gasteiger partial charge is 0.226 e. The molecular formula is C18H23Cl2NO. The molecule has 4 heteroatoms. The van der Waals surface area contributed by atoms with Gasteiger partial charge in [0, 0.05) is 28.5 Å². The number of rotatable bonds is 3. The summed E-state index contributed by atoms with van der Waals surface area (Å²) in [6, 6.07) is 6.01. The Labute approximate surface area is 142 Å². The lowest BCUT2D eigenvalue weighted by atomic mass is 9.85. The first-order valence-corrected chi connectivity index (χ1v) is 9.06. The highest BCUT2D eigenvalue weighted by Gasteiger charge is 2.38. The molecule has 0 spiro atoms. The van der Waals surface area contributed by atoms with Crippen LogP contribution in [0, 0.1) is 11.8 Å². The second-order valence-corrected chi connectivity index (χ2v) is 7.63. The van der Waals surface area contributed by atoms with Crippen molar-refractivity contribution in [2.45, 2.75) is 51.5 Å². The largest absolute Gasteiger partial charge is 0.339 e. The van der Waals surface area contributed by atoms with Crippen molar-refractivity contribution in [2.24, 2.45) is 11.8 Å². The van der Waals surface area contributed by atoms with E-state index in [1.165, 1.54) is 25.7 Å². The van der Waals surface area contributed by atoms with Gasteiger partial charge < -0.3 is 4.90 Å². The first-order valence-electron chi connectivity index (χ1n) is 8.30. The minimum absolute atomic E-state index is 0.0767. The van der Waals surface area contributed by atoms with Crippen LogP contribution in [0.15, 0.2) is 18.2 Å². The van der Waals surface area contributed by atoms with Crippen molar-refractivity contribution < 1.29 is 4.79 Å². The number of hydrogen-bond donors (Lipinski definition) is 0. The second-order valence-electron chi connectivity index (χ2n) is 6.79. The number of nitrogens with zero attached hydrogens (tertiary/aromatic N) is 1. The number of halogens is 2. The summed E-state index contributed by atoms with van der Waals surface area (Å²) in [6.07, 6.45) is 6.66. The van der Waals surface area contributed by atoms with Crippen LogP contribution in [0.3, 0.4) is 0 Å². The molecule has 2 aliphatic rings. The molecule has 1 heterocycles. The van der Waals surface area contributed by atoms with Crippen molar-refractivity contribution in [3.8, 4) is 0 Å². The zero-order chi connectivity index (χ0) is 15.7. The molecule has 0 aromatic heterocycles. The van der Waals surface area contributed by atoms with Gasteiger partial charge in [0.1, 0.15) is 0 Å². The van der Waals surface area contributed by atoms with E-state index in [4.69, 9.17) is 23.2 Å². The summed E-state index contributed by atoms with van der Waals surface area (Å²) in [4.78, 5) is 14.9. The molecule has 1 aliphatic carbocycles. The molecule has 0 N–H and O–H groups in total. The predicted octanol–water partition coefficient (Wildman–Crippen LogP) is 4.96. The molecule has 2 fully saturated rings. The van der Waals surface area contributed by atoms with E-state index in [0.29, 0.717) is 27.9 Å². The molecule has 1 saturated heterocycles. The van der Waals surface area contributed by atoms with Crippen molar-refractivity contribution in [1.29, 1.82) is 0 Å². The molecule has 3 atom stereocenters. The van der Waals surface area contributed by atoms with Crippen LogP contribution < -0.4 is 0 Å². The number of hydrogen-bond acceptors (Lipinski definition) is 1. The maximum atomic E-state index is 12.8. The van der Waals surface area contributed by atoms with Gasteiger partial charge in [0.05, 0.1) is 0 Å². The Morgan fingerprint density at radius 2 is 1.95 bits per heavy atom. The minimum Gasteiger partial charge on any atom is -0.339 e. The van der Waals surface area contributed by atoms with Crippen molar-refractivity contribution in [2.75, 3.05) is 6.54 Å². The molecule has 1 saturated carbocycles. The molecule has 1 aromatic rings. The third-order valence-corrected chi connectivity index (χ3v) is 5.89. The Bertz CT molecular complexity index is 560. The Balaban J connectivity index is 1.68. The normalized spacial score (nSPS) is 29.1. The van der Waals surface area contributed by atoms with E-state index in [-0.39, 0.29) is 5.92 Å². The molecule has 3 rings (SSSR count). The van der Waals surface area contributed by atoms with Gasteiger partial charge in [-0.05, 0) is 49.3 Å². The molecule has 22 heavy (non-hydrogen) atoms. The zero-order valence-electron chi connectivity index (χ0n) is 13.0. The molecule has 2 nitrogen and oxygen atoms in total. The monoisotopic (exact) mass is 339 g/mol. The molecular weight excluding hydrogens is 317 g/mol. The fourth-order valence-electron chi connectivity index (χ4n) is 3.99. The SMILES string of the molecule is C[C@H]1CCCC[C@H]1N1CCC(Cc2ccc(Cl)cc2Cl)C1=O. The van der Waals surface area contributed by atoms with E-state index in [0.717, 1.165) is 24.9 Å². The number of carbonyl (C=O) groups is 1. The summed E-state index contributed by atoms with van der Waals surface area (Å²) < 4.78 is 0. The summed E-state index contributed by atoms with van der Waals surface area (Å²) in [7, 11) is 0. The topological polar surface area (TPSA) is 20.3 Å². The standard InChI is InChI=1S/C18H23Cl2NO/c1-12-4-2-3-5-17(12)21-9-8-14(18(21)22)10-13-6-7-15(19)11-16(13)20/h6-7,11-12,14,17H,2-5,8-10H2,1H3/t12-,14?,17+/m0/s1. The minimum atomic E-state index is 0.0767. The molecule has 1 aliphatic heterocycles. The van der Waals surface area contributed by atoms with Crippen LogP contribution in [0.25, 0.3) is 0 Å². The summed E-state index contributed by atoms with van der Waals surface area (Å²) in [5.74, 6) is 1.04. The van der Waals surface area contributed by atoms with E-state index in [2.05, 4.69) is 11.8 Å². The second kappa shape index (κ2) is 6.80. The lowest BCUT2D eigenvalue weighted by Gasteiger charge is -2.36. The Hall–Kier alpha value is -0.730. The van der Waals surface area contributed by atoms with Gasteiger partial charge >= 0.3 is 0 Å². The summed E-state index contributed by atoms with van der Waals surface area (Å²) >= 11 is 12.2. The quantitative estimate of drug-likeness (QED) is 0.761. The van der Waals surface area contributed by atoms with Crippen LogP contribution in [0.1, 0.15) is 44.6 Å². The third-order valence-electron chi connectivity index (χ3n) is 5.30. The highest BCUT2D eigenvalue weighted by atomic mass is 35.5. The van der Waals surface area contributed by atoms with Gasteiger partial charge in [0.15, 0.2) is 0 Å². The first kappa shape index (κ1) is 16.1. The molecule has 120 valence electrons. The Morgan fingerprint density at radius 3 is 2.68 bits per heavy atom. The van der Waals surface area contributed by atoms with E-state index in [9.17, 15) is 4.79 Å². The average Bonchev–Trinajstić information content (AvgIpc) is 2.84. The summed E-state index contributed by atoms with van der Waals surface area (Å²) in [5, 5.41) is 1.31.